The lowest BCUT2D eigenvalue weighted by Crippen LogP contribution is -2.30. The molecule has 1 unspecified atom stereocenters. The van der Waals surface area contributed by atoms with Gasteiger partial charge in [-0.1, -0.05) is 276 Å². The van der Waals surface area contributed by atoms with Gasteiger partial charge >= 0.3 is 17.9 Å². The lowest BCUT2D eigenvalue weighted by molar-refractivity contribution is -0.166. The van der Waals surface area contributed by atoms with E-state index in [1.165, 1.54) is 109 Å². The highest BCUT2D eigenvalue weighted by molar-refractivity contribution is 5.72. The van der Waals surface area contributed by atoms with Gasteiger partial charge in [-0.25, -0.2) is 0 Å². The van der Waals surface area contributed by atoms with Crippen molar-refractivity contribution in [3.63, 3.8) is 0 Å². The van der Waals surface area contributed by atoms with Crippen molar-refractivity contribution in [2.24, 2.45) is 0 Å². The first-order valence-corrected chi connectivity index (χ1v) is 31.2. The Bertz CT molecular complexity index is 1630. The molecule has 0 aliphatic carbocycles. The molecule has 0 bridgehead atoms. The number of carbonyl (C=O) groups is 3. The monoisotopic (exact) mass is 1050 g/mol. The average molecular weight is 1050 g/mol. The fraction of sp³-hybridized carbons (Fsp3) is 0.643. The predicted molar refractivity (Wildman–Crippen MR) is 329 cm³/mol. The third-order valence-electron chi connectivity index (χ3n) is 12.9. The van der Waals surface area contributed by atoms with Crippen molar-refractivity contribution in [1.29, 1.82) is 0 Å². The highest BCUT2D eigenvalue weighted by Crippen LogP contribution is 2.16. The number of carbonyl (C=O) groups excluding carboxylic acids is 3. The predicted octanol–water partition coefficient (Wildman–Crippen LogP) is 21.4. The Balaban J connectivity index is 4.17. The third kappa shape index (κ3) is 60.4. The van der Waals surface area contributed by atoms with Gasteiger partial charge in [0.2, 0.25) is 0 Å². The molecular formula is C70H114O6. The molecule has 0 saturated heterocycles. The van der Waals surface area contributed by atoms with Crippen LogP contribution in [-0.2, 0) is 28.6 Å². The molecule has 0 aliphatic heterocycles. The zero-order chi connectivity index (χ0) is 55.0. The molecule has 0 spiro atoms. The van der Waals surface area contributed by atoms with Crippen molar-refractivity contribution >= 4 is 17.9 Å². The Morgan fingerprint density at radius 2 is 0.553 bits per heavy atom. The summed E-state index contributed by atoms with van der Waals surface area (Å²) in [7, 11) is 0. The van der Waals surface area contributed by atoms with E-state index < -0.39 is 12.1 Å². The molecule has 76 heavy (non-hydrogen) atoms. The summed E-state index contributed by atoms with van der Waals surface area (Å²) in [6.07, 6.45) is 89.4. The van der Waals surface area contributed by atoms with Crippen LogP contribution in [0.1, 0.15) is 271 Å². The van der Waals surface area contributed by atoms with Crippen LogP contribution < -0.4 is 0 Å². The SMILES string of the molecule is CC/C=C\C/C=C\C/C=C\C/C=C\C/C=C\CCCCCCCCCCCCCCCCCCCC(=O)OCC(COC(=O)CCCCCCC/C=C\CCC)OC(=O)C/C=C\C/C=C\C/C=C\C/C=C\C/C=C\CC. The average Bonchev–Trinajstić information content (AvgIpc) is 3.42. The molecule has 0 aliphatic rings. The normalized spacial score (nSPS) is 13.0. The van der Waals surface area contributed by atoms with Gasteiger partial charge < -0.3 is 14.2 Å². The molecule has 1 atom stereocenters. The van der Waals surface area contributed by atoms with Crippen LogP contribution in [0.4, 0.5) is 0 Å². The first-order chi connectivity index (χ1) is 37.5. The van der Waals surface area contributed by atoms with E-state index in [0.717, 1.165) is 122 Å². The van der Waals surface area contributed by atoms with Gasteiger partial charge in [0, 0.05) is 12.8 Å². The number of unbranched alkanes of at least 4 members (excludes halogenated alkanes) is 23. The number of hydrogen-bond acceptors (Lipinski definition) is 6. The van der Waals surface area contributed by atoms with Crippen LogP contribution >= 0.6 is 0 Å². The highest BCUT2D eigenvalue weighted by atomic mass is 16.6. The molecule has 0 aromatic heterocycles. The van der Waals surface area contributed by atoms with Gasteiger partial charge in [-0.15, -0.1) is 0 Å². The number of ether oxygens (including phenoxy) is 3. The van der Waals surface area contributed by atoms with E-state index in [1.807, 2.05) is 6.08 Å². The standard InChI is InChI=1S/C70H114O6/c1-4-7-10-13-16-19-22-24-26-27-28-29-30-31-32-33-34-35-36-37-38-39-40-41-42-43-45-46-48-51-54-57-60-63-69(72)75-66-67(65-74-68(71)62-59-56-53-50-21-18-15-12-9-6-3)76-70(73)64-61-58-55-52-49-47-44-25-23-20-17-14-11-8-5-2/h7-8,10-12,15-17,19-20,24-26,28-29,31-32,44,49,52,58,61,67H,4-6,9,13-14,18,21-23,27,30,33-43,45-48,50-51,53-57,59-60,62-66H2,1-3H3/b10-7-,11-8-,15-12-,19-16-,20-17-,26-24-,29-28-,32-31-,44-25-,52-49-,61-58-. The maximum atomic E-state index is 12.8. The van der Waals surface area contributed by atoms with E-state index in [-0.39, 0.29) is 31.6 Å². The smallest absolute Gasteiger partial charge is 0.310 e. The topological polar surface area (TPSA) is 78.9 Å². The van der Waals surface area contributed by atoms with Gasteiger partial charge in [0.1, 0.15) is 13.2 Å². The molecule has 0 fully saturated rings. The Kier molecular flexibility index (Phi) is 59.4. The van der Waals surface area contributed by atoms with Gasteiger partial charge in [-0.2, -0.15) is 0 Å². The van der Waals surface area contributed by atoms with Crippen LogP contribution in [0.5, 0.6) is 0 Å². The molecule has 6 nitrogen and oxygen atoms in total. The van der Waals surface area contributed by atoms with Gasteiger partial charge in [0.25, 0.3) is 0 Å². The quantitative estimate of drug-likeness (QED) is 0.0261. The summed E-state index contributed by atoms with van der Waals surface area (Å²) >= 11 is 0. The van der Waals surface area contributed by atoms with E-state index in [2.05, 4.69) is 142 Å². The lowest BCUT2D eigenvalue weighted by atomic mass is 10.0. The van der Waals surface area contributed by atoms with Crippen molar-refractivity contribution in [2.75, 3.05) is 13.2 Å². The van der Waals surface area contributed by atoms with E-state index in [4.69, 9.17) is 14.2 Å². The maximum absolute atomic E-state index is 12.8. The van der Waals surface area contributed by atoms with E-state index in [9.17, 15) is 14.4 Å². The van der Waals surface area contributed by atoms with Crippen molar-refractivity contribution in [2.45, 2.75) is 277 Å². The molecule has 0 aromatic rings. The zero-order valence-corrected chi connectivity index (χ0v) is 49.2. The minimum atomic E-state index is -0.837. The molecule has 0 saturated carbocycles. The first-order valence-electron chi connectivity index (χ1n) is 31.2. The zero-order valence-electron chi connectivity index (χ0n) is 49.2. The van der Waals surface area contributed by atoms with Crippen molar-refractivity contribution in [1.82, 2.24) is 0 Å². The summed E-state index contributed by atoms with van der Waals surface area (Å²) in [6, 6.07) is 0. The second-order valence-corrected chi connectivity index (χ2v) is 20.2. The summed E-state index contributed by atoms with van der Waals surface area (Å²) < 4.78 is 16.7. The summed E-state index contributed by atoms with van der Waals surface area (Å²) in [4.78, 5) is 38.0. The van der Waals surface area contributed by atoms with Crippen LogP contribution in [0.15, 0.2) is 134 Å². The molecule has 0 amide bonds. The van der Waals surface area contributed by atoms with Gasteiger partial charge in [-0.3, -0.25) is 14.4 Å². The largest absolute Gasteiger partial charge is 0.462 e. The Morgan fingerprint density at radius 1 is 0.289 bits per heavy atom. The van der Waals surface area contributed by atoms with Gasteiger partial charge in [0.15, 0.2) is 6.10 Å². The number of rotatable bonds is 55. The fourth-order valence-electron chi connectivity index (χ4n) is 8.31. The Hall–Kier alpha value is -4.45. The number of hydrogen-bond donors (Lipinski definition) is 0. The summed E-state index contributed by atoms with van der Waals surface area (Å²) in [5.41, 5.74) is 0. The van der Waals surface area contributed by atoms with Crippen LogP contribution in [0.25, 0.3) is 0 Å². The summed E-state index contributed by atoms with van der Waals surface area (Å²) in [6.45, 7) is 6.26. The van der Waals surface area contributed by atoms with Crippen LogP contribution in [0, 0.1) is 0 Å². The van der Waals surface area contributed by atoms with Gasteiger partial charge in [0.05, 0.1) is 6.42 Å². The minimum Gasteiger partial charge on any atom is -0.462 e. The molecule has 0 N–H and O–H groups in total. The minimum absolute atomic E-state index is 0.0926. The number of allylic oxidation sites excluding steroid dienone is 21. The fourth-order valence-corrected chi connectivity index (χ4v) is 8.31. The molecule has 0 radical (unpaired) electrons. The maximum Gasteiger partial charge on any atom is 0.310 e. The third-order valence-corrected chi connectivity index (χ3v) is 12.9. The lowest BCUT2D eigenvalue weighted by Gasteiger charge is -2.18. The molecule has 0 aromatic carbocycles. The highest BCUT2D eigenvalue weighted by Gasteiger charge is 2.19. The second-order valence-electron chi connectivity index (χ2n) is 20.2. The van der Waals surface area contributed by atoms with E-state index in [0.29, 0.717) is 12.8 Å². The first kappa shape index (κ1) is 71.5. The molecule has 0 heterocycles. The van der Waals surface area contributed by atoms with Crippen molar-refractivity contribution in [3.8, 4) is 0 Å². The van der Waals surface area contributed by atoms with Crippen molar-refractivity contribution in [3.05, 3.63) is 134 Å². The summed E-state index contributed by atoms with van der Waals surface area (Å²) in [5, 5.41) is 0. The van der Waals surface area contributed by atoms with Gasteiger partial charge in [-0.05, 0) is 109 Å². The van der Waals surface area contributed by atoms with Crippen LogP contribution in [0.2, 0.25) is 0 Å². The molecular weight excluding hydrogens is 937 g/mol. The molecule has 0 rings (SSSR count). The molecule has 6 heteroatoms. The van der Waals surface area contributed by atoms with E-state index in [1.54, 1.807) is 6.08 Å². The van der Waals surface area contributed by atoms with Crippen LogP contribution in [0.3, 0.4) is 0 Å². The molecule has 430 valence electrons. The van der Waals surface area contributed by atoms with E-state index >= 15 is 0 Å². The summed E-state index contributed by atoms with van der Waals surface area (Å²) in [5.74, 6) is -1.06. The Morgan fingerprint density at radius 3 is 0.882 bits per heavy atom. The van der Waals surface area contributed by atoms with Crippen LogP contribution in [-0.4, -0.2) is 37.2 Å². The van der Waals surface area contributed by atoms with Crippen molar-refractivity contribution < 1.29 is 28.6 Å². The number of esters is 3. The Labute approximate surface area is 468 Å². The second kappa shape index (κ2) is 63.1.